The molecule has 0 saturated heterocycles. The van der Waals surface area contributed by atoms with E-state index >= 15 is 0 Å². The molecule has 2 heteroatoms. The average molecular weight is 291 g/mol. The number of benzene rings is 1. The summed E-state index contributed by atoms with van der Waals surface area (Å²) in [7, 11) is 1.76. The Morgan fingerprint density at radius 3 is 2.38 bits per heavy atom. The van der Waals surface area contributed by atoms with E-state index < -0.39 is 0 Å². The molecule has 0 aliphatic heterocycles. The van der Waals surface area contributed by atoms with Crippen molar-refractivity contribution < 1.29 is 4.74 Å². The third-order valence-corrected chi connectivity index (χ3v) is 3.91. The fourth-order valence-corrected chi connectivity index (χ4v) is 2.68. The molecule has 1 aromatic rings. The molecule has 0 aliphatic carbocycles. The van der Waals surface area contributed by atoms with E-state index in [-0.39, 0.29) is 0 Å². The molecule has 0 heterocycles. The molecule has 2 nitrogen and oxygen atoms in total. The van der Waals surface area contributed by atoms with Gasteiger partial charge in [-0.25, -0.2) is 0 Å². The first-order chi connectivity index (χ1) is 10.0. The largest absolute Gasteiger partial charge is 0.496 e. The van der Waals surface area contributed by atoms with E-state index in [4.69, 9.17) is 4.74 Å². The van der Waals surface area contributed by atoms with E-state index in [1.807, 2.05) is 6.07 Å². The van der Waals surface area contributed by atoms with Gasteiger partial charge in [0.25, 0.3) is 0 Å². The zero-order valence-corrected chi connectivity index (χ0v) is 14.5. The Bertz CT molecular complexity index is 387. The molecule has 0 spiro atoms. The predicted molar refractivity (Wildman–Crippen MR) is 92.0 cm³/mol. The van der Waals surface area contributed by atoms with Gasteiger partial charge in [0.05, 0.1) is 7.11 Å². The van der Waals surface area contributed by atoms with Crippen molar-refractivity contribution in [3.05, 3.63) is 29.8 Å². The topological polar surface area (TPSA) is 21.3 Å². The van der Waals surface area contributed by atoms with Gasteiger partial charge in [-0.2, -0.15) is 0 Å². The maximum Gasteiger partial charge on any atom is 0.122 e. The maximum atomic E-state index is 5.49. The Hall–Kier alpha value is -1.02. The normalized spacial score (nSPS) is 12.9. The van der Waals surface area contributed by atoms with Gasteiger partial charge in [-0.3, -0.25) is 0 Å². The van der Waals surface area contributed by atoms with Crippen LogP contribution >= 0.6 is 0 Å². The first kappa shape index (κ1) is 18.0. The van der Waals surface area contributed by atoms with E-state index in [1.165, 1.54) is 24.8 Å². The molecule has 0 aromatic heterocycles. The van der Waals surface area contributed by atoms with E-state index in [0.29, 0.717) is 12.0 Å². The average Bonchev–Trinajstić information content (AvgIpc) is 2.44. The Morgan fingerprint density at radius 2 is 1.76 bits per heavy atom. The van der Waals surface area contributed by atoms with Gasteiger partial charge in [-0.05, 0) is 42.9 Å². The number of rotatable bonds is 10. The van der Waals surface area contributed by atoms with Crippen molar-refractivity contribution in [2.75, 3.05) is 13.7 Å². The lowest BCUT2D eigenvalue weighted by Gasteiger charge is -2.21. The molecular formula is C19H33NO. The molecule has 1 N–H and O–H groups in total. The smallest absolute Gasteiger partial charge is 0.122 e. The molecule has 0 amide bonds. The Labute approximate surface area is 131 Å². The van der Waals surface area contributed by atoms with Crippen LogP contribution in [0.2, 0.25) is 0 Å². The maximum absolute atomic E-state index is 5.49. The van der Waals surface area contributed by atoms with E-state index in [9.17, 15) is 0 Å². The van der Waals surface area contributed by atoms with Crippen molar-refractivity contribution in [1.82, 2.24) is 5.32 Å². The van der Waals surface area contributed by atoms with Crippen molar-refractivity contribution in [3.8, 4) is 5.75 Å². The SMILES string of the molecule is COc1ccccc1CC(CCCC(C)C)CNC(C)C. The summed E-state index contributed by atoms with van der Waals surface area (Å²) in [5, 5.41) is 3.60. The standard InChI is InChI=1S/C19H33NO/c1-15(2)9-8-10-17(14-20-16(3)4)13-18-11-6-7-12-19(18)21-5/h6-7,11-12,15-17,20H,8-10,13-14H2,1-5H3. The minimum atomic E-state index is 0.551. The van der Waals surface area contributed by atoms with Crippen LogP contribution in [-0.4, -0.2) is 19.7 Å². The van der Waals surface area contributed by atoms with Crippen LogP contribution in [0.3, 0.4) is 0 Å². The minimum Gasteiger partial charge on any atom is -0.496 e. The monoisotopic (exact) mass is 291 g/mol. The zero-order valence-electron chi connectivity index (χ0n) is 14.5. The highest BCUT2D eigenvalue weighted by molar-refractivity contribution is 5.33. The molecule has 0 bridgehead atoms. The lowest BCUT2D eigenvalue weighted by molar-refractivity contribution is 0.377. The number of nitrogens with one attached hydrogen (secondary N) is 1. The number of hydrogen-bond donors (Lipinski definition) is 1. The van der Waals surface area contributed by atoms with Crippen molar-refractivity contribution in [2.24, 2.45) is 11.8 Å². The van der Waals surface area contributed by atoms with E-state index in [0.717, 1.165) is 24.6 Å². The van der Waals surface area contributed by atoms with Crippen LogP contribution in [0, 0.1) is 11.8 Å². The lowest BCUT2D eigenvalue weighted by atomic mass is 9.92. The summed E-state index contributed by atoms with van der Waals surface area (Å²) in [5.41, 5.74) is 1.33. The summed E-state index contributed by atoms with van der Waals surface area (Å²) in [6.07, 6.45) is 5.03. The molecule has 1 unspecified atom stereocenters. The zero-order chi connectivity index (χ0) is 15.7. The Morgan fingerprint density at radius 1 is 1.05 bits per heavy atom. The van der Waals surface area contributed by atoms with Gasteiger partial charge in [-0.15, -0.1) is 0 Å². The minimum absolute atomic E-state index is 0.551. The van der Waals surface area contributed by atoms with Gasteiger partial charge in [0, 0.05) is 6.04 Å². The van der Waals surface area contributed by atoms with Crippen molar-refractivity contribution >= 4 is 0 Å². The van der Waals surface area contributed by atoms with Crippen LogP contribution in [0.4, 0.5) is 0 Å². The van der Waals surface area contributed by atoms with Gasteiger partial charge in [0.1, 0.15) is 5.75 Å². The summed E-state index contributed by atoms with van der Waals surface area (Å²) in [4.78, 5) is 0. The third kappa shape index (κ3) is 7.52. The first-order valence-electron chi connectivity index (χ1n) is 8.38. The van der Waals surface area contributed by atoms with Gasteiger partial charge in [0.15, 0.2) is 0 Å². The van der Waals surface area contributed by atoms with Crippen LogP contribution in [0.25, 0.3) is 0 Å². The molecular weight excluding hydrogens is 258 g/mol. The highest BCUT2D eigenvalue weighted by Gasteiger charge is 2.13. The second-order valence-corrected chi connectivity index (χ2v) is 6.77. The highest BCUT2D eigenvalue weighted by Crippen LogP contribution is 2.23. The summed E-state index contributed by atoms with van der Waals surface area (Å²) >= 11 is 0. The molecule has 0 aliphatic rings. The molecule has 1 rings (SSSR count). The molecule has 21 heavy (non-hydrogen) atoms. The highest BCUT2D eigenvalue weighted by atomic mass is 16.5. The van der Waals surface area contributed by atoms with Crippen LogP contribution in [0.15, 0.2) is 24.3 Å². The van der Waals surface area contributed by atoms with E-state index in [2.05, 4.69) is 51.2 Å². The van der Waals surface area contributed by atoms with Crippen LogP contribution < -0.4 is 10.1 Å². The fourth-order valence-electron chi connectivity index (χ4n) is 2.68. The summed E-state index contributed by atoms with van der Waals surface area (Å²) < 4.78 is 5.49. The second-order valence-electron chi connectivity index (χ2n) is 6.77. The Kier molecular flexibility index (Phi) is 8.44. The molecule has 0 fully saturated rings. The Balaban J connectivity index is 2.61. The summed E-state index contributed by atoms with van der Waals surface area (Å²) in [5.74, 6) is 2.51. The molecule has 0 radical (unpaired) electrons. The van der Waals surface area contributed by atoms with Gasteiger partial charge in [0.2, 0.25) is 0 Å². The van der Waals surface area contributed by atoms with Crippen molar-refractivity contribution in [3.63, 3.8) is 0 Å². The molecule has 0 saturated carbocycles. The van der Waals surface area contributed by atoms with Crippen LogP contribution in [0.5, 0.6) is 5.75 Å². The number of methoxy groups -OCH3 is 1. The number of hydrogen-bond acceptors (Lipinski definition) is 2. The van der Waals surface area contributed by atoms with E-state index in [1.54, 1.807) is 7.11 Å². The van der Waals surface area contributed by atoms with Crippen molar-refractivity contribution in [2.45, 2.75) is 59.4 Å². The number of para-hydroxylation sites is 1. The summed E-state index contributed by atoms with van der Waals surface area (Å²) in [6, 6.07) is 8.97. The van der Waals surface area contributed by atoms with Crippen LogP contribution in [-0.2, 0) is 6.42 Å². The fraction of sp³-hybridized carbons (Fsp3) is 0.684. The number of ether oxygens (including phenoxy) is 1. The second kappa shape index (κ2) is 9.83. The quantitative estimate of drug-likeness (QED) is 0.676. The molecule has 1 aromatic carbocycles. The molecule has 1 atom stereocenters. The van der Waals surface area contributed by atoms with Gasteiger partial charge in [-0.1, -0.05) is 58.7 Å². The molecule has 120 valence electrons. The van der Waals surface area contributed by atoms with Crippen LogP contribution in [0.1, 0.15) is 52.5 Å². The third-order valence-electron chi connectivity index (χ3n) is 3.91. The lowest BCUT2D eigenvalue weighted by Crippen LogP contribution is -2.30. The predicted octanol–water partition coefficient (Wildman–Crippen LogP) is 4.68. The van der Waals surface area contributed by atoms with Gasteiger partial charge < -0.3 is 10.1 Å². The van der Waals surface area contributed by atoms with Crippen molar-refractivity contribution in [1.29, 1.82) is 0 Å². The first-order valence-corrected chi connectivity index (χ1v) is 8.38. The summed E-state index contributed by atoms with van der Waals surface area (Å²) in [6.45, 7) is 10.1. The van der Waals surface area contributed by atoms with Gasteiger partial charge >= 0.3 is 0 Å².